The number of ether oxygens (including phenoxy) is 2. The van der Waals surface area contributed by atoms with Gasteiger partial charge in [0.25, 0.3) is 11.8 Å². The van der Waals surface area contributed by atoms with E-state index in [0.29, 0.717) is 34.9 Å². The van der Waals surface area contributed by atoms with E-state index in [1.54, 1.807) is 29.2 Å². The van der Waals surface area contributed by atoms with Gasteiger partial charge in [-0.2, -0.15) is 0 Å². The highest BCUT2D eigenvalue weighted by atomic mass is 19.1. The molecule has 2 amide bonds. The molecule has 0 unspecified atom stereocenters. The van der Waals surface area contributed by atoms with Gasteiger partial charge in [0, 0.05) is 29.0 Å². The molecule has 164 valence electrons. The molecule has 7 heteroatoms. The highest BCUT2D eigenvalue weighted by Crippen LogP contribution is 2.32. The molecular weight excluding hydrogens is 411 g/mol. The average molecular weight is 434 g/mol. The molecule has 4 rings (SSSR count). The summed E-state index contributed by atoms with van der Waals surface area (Å²) in [5.74, 6) is 0.189. The summed E-state index contributed by atoms with van der Waals surface area (Å²) in [6, 6.07) is 16.0. The van der Waals surface area contributed by atoms with Crippen molar-refractivity contribution >= 4 is 23.2 Å². The number of hydrogen-bond acceptors (Lipinski definition) is 4. The maximum Gasteiger partial charge on any atom is 0.258 e. The maximum absolute atomic E-state index is 13.2. The van der Waals surface area contributed by atoms with E-state index in [4.69, 9.17) is 9.47 Å². The van der Waals surface area contributed by atoms with Crippen molar-refractivity contribution in [1.82, 2.24) is 0 Å². The summed E-state index contributed by atoms with van der Waals surface area (Å²) < 4.78 is 23.7. The minimum absolute atomic E-state index is 0.173. The van der Waals surface area contributed by atoms with Gasteiger partial charge in [-0.25, -0.2) is 4.39 Å². The van der Waals surface area contributed by atoms with Crippen LogP contribution in [0.1, 0.15) is 32.7 Å². The van der Waals surface area contributed by atoms with Crippen molar-refractivity contribution in [3.05, 3.63) is 83.2 Å². The second-order valence-electron chi connectivity index (χ2n) is 7.43. The molecule has 1 aliphatic rings. The largest absolute Gasteiger partial charge is 0.493 e. The number of rotatable bonds is 5. The number of fused-ring (bicyclic) bond motifs is 1. The number of carbonyl (C=O) groups is 2. The maximum atomic E-state index is 13.2. The Kier molecular flexibility index (Phi) is 6.07. The zero-order valence-corrected chi connectivity index (χ0v) is 17.9. The molecule has 0 atom stereocenters. The molecule has 0 aromatic heterocycles. The lowest BCUT2D eigenvalue weighted by Crippen LogP contribution is -2.35. The normalized spacial score (nSPS) is 12.7. The number of nitrogens with zero attached hydrogens (tertiary/aromatic N) is 1. The van der Waals surface area contributed by atoms with Crippen molar-refractivity contribution in [3.8, 4) is 11.5 Å². The minimum atomic E-state index is -0.379. The third-order valence-electron chi connectivity index (χ3n) is 5.44. The third kappa shape index (κ3) is 4.27. The Morgan fingerprint density at radius 3 is 2.34 bits per heavy atom. The molecule has 1 aliphatic heterocycles. The standard InChI is InChI=1S/C25H23FN2O4/c1-31-22-12-7-18(15-23(22)32-2)24(29)27-20-10-11-21-17(14-20)4-3-13-28(21)25(30)16-5-8-19(26)9-6-16/h5-12,14-15H,3-4,13H2,1-2H3,(H,27,29). The first kappa shape index (κ1) is 21.4. The van der Waals surface area contributed by atoms with Gasteiger partial charge in [-0.15, -0.1) is 0 Å². The van der Waals surface area contributed by atoms with E-state index in [1.807, 2.05) is 12.1 Å². The first-order chi connectivity index (χ1) is 15.5. The van der Waals surface area contributed by atoms with Gasteiger partial charge in [-0.05, 0) is 79.1 Å². The Morgan fingerprint density at radius 2 is 1.62 bits per heavy atom. The van der Waals surface area contributed by atoms with Gasteiger partial charge in [0.2, 0.25) is 0 Å². The molecule has 0 aliphatic carbocycles. The zero-order valence-electron chi connectivity index (χ0n) is 17.9. The van der Waals surface area contributed by atoms with Crippen LogP contribution in [0.5, 0.6) is 11.5 Å². The van der Waals surface area contributed by atoms with E-state index >= 15 is 0 Å². The lowest BCUT2D eigenvalue weighted by molar-refractivity contribution is 0.0983. The summed E-state index contributed by atoms with van der Waals surface area (Å²) in [5.41, 5.74) is 3.28. The topological polar surface area (TPSA) is 67.9 Å². The van der Waals surface area contributed by atoms with Crippen LogP contribution in [0.4, 0.5) is 15.8 Å². The average Bonchev–Trinajstić information content (AvgIpc) is 2.83. The van der Waals surface area contributed by atoms with Crippen LogP contribution in [-0.4, -0.2) is 32.6 Å². The van der Waals surface area contributed by atoms with Gasteiger partial charge in [0.1, 0.15) is 5.82 Å². The van der Waals surface area contributed by atoms with E-state index in [1.165, 1.54) is 38.5 Å². The number of carbonyl (C=O) groups excluding carboxylic acids is 2. The lowest BCUT2D eigenvalue weighted by Gasteiger charge is -2.30. The summed E-state index contributed by atoms with van der Waals surface area (Å²) in [4.78, 5) is 27.4. The summed E-state index contributed by atoms with van der Waals surface area (Å²) in [7, 11) is 3.05. The van der Waals surface area contributed by atoms with Crippen LogP contribution in [0.25, 0.3) is 0 Å². The Morgan fingerprint density at radius 1 is 0.906 bits per heavy atom. The van der Waals surface area contributed by atoms with Crippen LogP contribution in [0.2, 0.25) is 0 Å². The van der Waals surface area contributed by atoms with Crippen LogP contribution in [0.3, 0.4) is 0 Å². The number of hydrogen-bond donors (Lipinski definition) is 1. The quantitative estimate of drug-likeness (QED) is 0.633. The summed E-state index contributed by atoms with van der Waals surface area (Å²) in [6.07, 6.45) is 1.59. The Balaban J connectivity index is 1.54. The molecule has 3 aromatic rings. The van der Waals surface area contributed by atoms with Crippen molar-refractivity contribution in [1.29, 1.82) is 0 Å². The Hall–Kier alpha value is -3.87. The van der Waals surface area contributed by atoms with E-state index in [9.17, 15) is 14.0 Å². The summed E-state index contributed by atoms with van der Waals surface area (Å²) in [6.45, 7) is 0.584. The van der Waals surface area contributed by atoms with Crippen LogP contribution >= 0.6 is 0 Å². The van der Waals surface area contributed by atoms with Crippen molar-refractivity contribution < 1.29 is 23.5 Å². The molecular formula is C25H23FN2O4. The number of anilines is 2. The fourth-order valence-corrected chi connectivity index (χ4v) is 3.81. The minimum Gasteiger partial charge on any atom is -0.493 e. The molecule has 6 nitrogen and oxygen atoms in total. The summed E-state index contributed by atoms with van der Waals surface area (Å²) in [5, 5.41) is 2.90. The fraction of sp³-hybridized carbons (Fsp3) is 0.200. The second kappa shape index (κ2) is 9.09. The van der Waals surface area contributed by atoms with Gasteiger partial charge < -0.3 is 19.7 Å². The molecule has 1 N–H and O–H groups in total. The molecule has 0 spiro atoms. The van der Waals surface area contributed by atoms with Crippen LogP contribution < -0.4 is 19.7 Å². The van der Waals surface area contributed by atoms with Crippen molar-refractivity contribution in [2.45, 2.75) is 12.8 Å². The molecule has 0 saturated heterocycles. The summed E-state index contributed by atoms with van der Waals surface area (Å²) >= 11 is 0. The number of aryl methyl sites for hydroxylation is 1. The molecule has 0 saturated carbocycles. The molecule has 0 fully saturated rings. The van der Waals surface area contributed by atoms with E-state index in [2.05, 4.69) is 5.32 Å². The monoisotopic (exact) mass is 434 g/mol. The van der Waals surface area contributed by atoms with Gasteiger partial charge in [-0.3, -0.25) is 9.59 Å². The third-order valence-corrected chi connectivity index (χ3v) is 5.44. The molecule has 32 heavy (non-hydrogen) atoms. The van der Waals surface area contributed by atoms with Gasteiger partial charge in [0.05, 0.1) is 14.2 Å². The lowest BCUT2D eigenvalue weighted by atomic mass is 9.99. The number of amides is 2. The second-order valence-corrected chi connectivity index (χ2v) is 7.43. The van der Waals surface area contributed by atoms with Crippen LogP contribution in [0, 0.1) is 5.82 Å². The van der Waals surface area contributed by atoms with Crippen molar-refractivity contribution in [2.75, 3.05) is 31.0 Å². The first-order valence-corrected chi connectivity index (χ1v) is 10.2. The van der Waals surface area contributed by atoms with Crippen LogP contribution in [-0.2, 0) is 6.42 Å². The number of methoxy groups -OCH3 is 2. The molecule has 0 radical (unpaired) electrons. The van der Waals surface area contributed by atoms with Crippen molar-refractivity contribution in [2.24, 2.45) is 0 Å². The number of benzene rings is 3. The highest BCUT2D eigenvalue weighted by Gasteiger charge is 2.24. The highest BCUT2D eigenvalue weighted by molar-refractivity contribution is 6.07. The van der Waals surface area contributed by atoms with E-state index in [0.717, 1.165) is 24.1 Å². The SMILES string of the molecule is COc1ccc(C(=O)Nc2ccc3c(c2)CCCN3C(=O)c2ccc(F)cc2)cc1OC. The molecule has 3 aromatic carbocycles. The Labute approximate surface area is 185 Å². The van der Waals surface area contributed by atoms with E-state index < -0.39 is 0 Å². The Bertz CT molecular complexity index is 1160. The smallest absolute Gasteiger partial charge is 0.258 e. The molecule has 0 bridgehead atoms. The predicted octanol–water partition coefficient (Wildman–Crippen LogP) is 4.69. The molecule has 1 heterocycles. The number of halogens is 1. The first-order valence-electron chi connectivity index (χ1n) is 10.2. The number of nitrogens with one attached hydrogen (secondary N) is 1. The van der Waals surface area contributed by atoms with E-state index in [-0.39, 0.29) is 17.6 Å². The van der Waals surface area contributed by atoms with Gasteiger partial charge in [-0.1, -0.05) is 0 Å². The van der Waals surface area contributed by atoms with Gasteiger partial charge in [0.15, 0.2) is 11.5 Å². The van der Waals surface area contributed by atoms with Gasteiger partial charge >= 0.3 is 0 Å². The zero-order chi connectivity index (χ0) is 22.7. The fourth-order valence-electron chi connectivity index (χ4n) is 3.81. The van der Waals surface area contributed by atoms with Crippen molar-refractivity contribution in [3.63, 3.8) is 0 Å². The predicted molar refractivity (Wildman–Crippen MR) is 120 cm³/mol. The van der Waals surface area contributed by atoms with Crippen LogP contribution in [0.15, 0.2) is 60.7 Å².